The molecule has 0 fully saturated rings. The van der Waals surface area contributed by atoms with Crippen LogP contribution in [-0.2, 0) is 52.4 Å². The zero-order chi connectivity index (χ0) is 3.41. The van der Waals surface area contributed by atoms with Gasteiger partial charge in [0.1, 0.15) is 0 Å². The summed E-state index contributed by atoms with van der Waals surface area (Å²) < 4.78 is 0. The minimum Gasteiger partial charge on any atom is -0.343 e. The van der Waals surface area contributed by atoms with E-state index in [9.17, 15) is 0 Å². The molecule has 0 nitrogen and oxygen atoms in total. The topological polar surface area (TPSA) is 0 Å². The van der Waals surface area contributed by atoms with Gasteiger partial charge in [-0.15, -0.1) is 0 Å². The van der Waals surface area contributed by atoms with E-state index in [1.807, 2.05) is 0 Å². The summed E-state index contributed by atoms with van der Waals surface area (Å²) in [5, 5.41) is 0. The van der Waals surface area contributed by atoms with Crippen LogP contribution < -0.4 is 0 Å². The van der Waals surface area contributed by atoms with Crippen molar-refractivity contribution in [2.24, 2.45) is 0 Å². The first-order valence-electron chi connectivity index (χ1n) is 1.71. The van der Waals surface area contributed by atoms with Crippen LogP contribution in [0.15, 0.2) is 0 Å². The molecule has 0 radical (unpaired) electrons. The van der Waals surface area contributed by atoms with Crippen LogP contribution in [-0.4, -0.2) is 0 Å². The Labute approximate surface area is 78.3 Å². The van der Waals surface area contributed by atoms with Crippen molar-refractivity contribution in [2.45, 2.75) is 19.8 Å². The first kappa shape index (κ1) is 15.7. The Morgan fingerprint density at radius 2 is 1.50 bits per heavy atom. The van der Waals surface area contributed by atoms with Gasteiger partial charge in [0, 0.05) is 52.4 Å². The van der Waals surface area contributed by atoms with Crippen LogP contribution >= 0.6 is 0 Å². The molecule has 34 valence electrons. The van der Waals surface area contributed by atoms with E-state index < -0.39 is 0 Å². The standard InChI is InChI=1S/C4H9.2Zr/c1-3-4-2;;/h1,3-4H2,2H3;;/q-1;;. The fourth-order valence-electron chi connectivity index (χ4n) is 0. The Morgan fingerprint density at radius 1 is 1.33 bits per heavy atom. The van der Waals surface area contributed by atoms with E-state index in [4.69, 9.17) is 0 Å². The summed E-state index contributed by atoms with van der Waals surface area (Å²) >= 11 is 0. The Kier molecular flexibility index (Phi) is 41.4. The van der Waals surface area contributed by atoms with E-state index in [0.717, 1.165) is 6.42 Å². The molecule has 0 amide bonds. The summed E-state index contributed by atoms with van der Waals surface area (Å²) in [6.07, 6.45) is 2.28. The third kappa shape index (κ3) is 17.1. The molecule has 0 heterocycles. The molecule has 0 saturated heterocycles. The van der Waals surface area contributed by atoms with Crippen LogP contribution in [0.5, 0.6) is 0 Å². The molecule has 0 spiro atoms. The van der Waals surface area contributed by atoms with Gasteiger partial charge in [-0.2, -0.15) is 6.42 Å². The summed E-state index contributed by atoms with van der Waals surface area (Å²) in [5.41, 5.74) is 0. The van der Waals surface area contributed by atoms with E-state index in [1.165, 1.54) is 6.42 Å². The second-order valence-electron chi connectivity index (χ2n) is 0.854. The Bertz CT molecular complexity index is 7.51. The minimum absolute atomic E-state index is 0. The van der Waals surface area contributed by atoms with Crippen molar-refractivity contribution in [1.29, 1.82) is 0 Å². The maximum atomic E-state index is 3.60. The zero-order valence-corrected chi connectivity index (χ0v) is 9.04. The number of hydrogen-bond acceptors (Lipinski definition) is 0. The smallest absolute Gasteiger partial charge is 0 e. The summed E-state index contributed by atoms with van der Waals surface area (Å²) in [6.45, 7) is 5.72. The molecule has 2 heteroatoms. The van der Waals surface area contributed by atoms with Gasteiger partial charge in [0.15, 0.2) is 0 Å². The molecule has 0 rings (SSSR count). The SMILES string of the molecule is [CH2-]CCC.[Zr].[Zr]. The zero-order valence-electron chi connectivity index (χ0n) is 4.12. The van der Waals surface area contributed by atoms with Crippen molar-refractivity contribution in [1.82, 2.24) is 0 Å². The number of hydrogen-bond donors (Lipinski definition) is 0. The Hall–Kier alpha value is 1.77. The summed E-state index contributed by atoms with van der Waals surface area (Å²) in [6, 6.07) is 0. The summed E-state index contributed by atoms with van der Waals surface area (Å²) in [4.78, 5) is 0. The minimum atomic E-state index is 0. The molecule has 0 atom stereocenters. The van der Waals surface area contributed by atoms with Gasteiger partial charge in [-0.25, -0.2) is 0 Å². The van der Waals surface area contributed by atoms with E-state index in [-0.39, 0.29) is 52.4 Å². The van der Waals surface area contributed by atoms with E-state index >= 15 is 0 Å². The molecule has 0 aromatic rings. The molecular formula is C4H9Zr2-. The van der Waals surface area contributed by atoms with Crippen molar-refractivity contribution in [3.05, 3.63) is 6.92 Å². The molecule has 0 unspecified atom stereocenters. The van der Waals surface area contributed by atoms with Gasteiger partial charge >= 0.3 is 0 Å². The molecule has 0 aliphatic heterocycles. The van der Waals surface area contributed by atoms with E-state index in [2.05, 4.69) is 13.8 Å². The van der Waals surface area contributed by atoms with Gasteiger partial charge in [-0.05, 0) is 0 Å². The van der Waals surface area contributed by atoms with Crippen molar-refractivity contribution in [3.8, 4) is 0 Å². The molecule has 0 bridgehead atoms. The van der Waals surface area contributed by atoms with Crippen molar-refractivity contribution in [2.75, 3.05) is 0 Å². The quantitative estimate of drug-likeness (QED) is 0.610. The Balaban J connectivity index is -0.0000000450. The summed E-state index contributed by atoms with van der Waals surface area (Å²) in [7, 11) is 0. The third-order valence-corrected chi connectivity index (χ3v) is 0.354. The Morgan fingerprint density at radius 3 is 1.50 bits per heavy atom. The van der Waals surface area contributed by atoms with Crippen molar-refractivity contribution in [3.63, 3.8) is 0 Å². The molecule has 0 saturated carbocycles. The maximum absolute atomic E-state index is 3.60. The summed E-state index contributed by atoms with van der Waals surface area (Å²) in [5.74, 6) is 0. The van der Waals surface area contributed by atoms with Gasteiger partial charge in [0.25, 0.3) is 0 Å². The first-order valence-corrected chi connectivity index (χ1v) is 1.71. The number of unbranched alkanes of at least 4 members (excludes halogenated alkanes) is 1. The maximum Gasteiger partial charge on any atom is 0 e. The van der Waals surface area contributed by atoms with Crippen molar-refractivity contribution >= 4 is 0 Å². The fourth-order valence-corrected chi connectivity index (χ4v) is 0. The normalized spacial score (nSPS) is 5.00. The second kappa shape index (κ2) is 15.9. The van der Waals surface area contributed by atoms with Crippen LogP contribution in [0.1, 0.15) is 19.8 Å². The molecule has 0 aliphatic carbocycles. The van der Waals surface area contributed by atoms with Gasteiger partial charge in [-0.3, -0.25) is 0 Å². The third-order valence-electron chi connectivity index (χ3n) is 0.354. The van der Waals surface area contributed by atoms with Gasteiger partial charge < -0.3 is 6.92 Å². The van der Waals surface area contributed by atoms with E-state index in [1.54, 1.807) is 0 Å². The van der Waals surface area contributed by atoms with Gasteiger partial charge in [0.2, 0.25) is 0 Å². The average molecular weight is 240 g/mol. The van der Waals surface area contributed by atoms with Crippen LogP contribution in [0.3, 0.4) is 0 Å². The first-order chi connectivity index (χ1) is 1.91. The molecule has 6 heavy (non-hydrogen) atoms. The number of rotatable bonds is 1. The molecule has 0 aliphatic rings. The second-order valence-corrected chi connectivity index (χ2v) is 0.854. The van der Waals surface area contributed by atoms with Gasteiger partial charge in [-0.1, -0.05) is 13.3 Å². The van der Waals surface area contributed by atoms with Crippen LogP contribution in [0.4, 0.5) is 0 Å². The average Bonchev–Trinajstić information content (AvgIpc) is 1.37. The monoisotopic (exact) mass is 237 g/mol. The van der Waals surface area contributed by atoms with Crippen LogP contribution in [0, 0.1) is 6.92 Å². The van der Waals surface area contributed by atoms with Gasteiger partial charge in [0.05, 0.1) is 0 Å². The molecular weight excluding hydrogens is 230 g/mol. The molecule has 0 aromatic heterocycles. The van der Waals surface area contributed by atoms with Crippen LogP contribution in [0.2, 0.25) is 0 Å². The largest absolute Gasteiger partial charge is 0.343 e. The van der Waals surface area contributed by atoms with Crippen LogP contribution in [0.25, 0.3) is 0 Å². The van der Waals surface area contributed by atoms with E-state index in [0.29, 0.717) is 0 Å². The molecule has 0 aromatic carbocycles. The predicted molar refractivity (Wildman–Crippen MR) is 20.3 cm³/mol. The van der Waals surface area contributed by atoms with Crippen molar-refractivity contribution < 1.29 is 52.4 Å². The molecule has 0 N–H and O–H groups in total. The predicted octanol–water partition coefficient (Wildman–Crippen LogP) is 1.62. The fraction of sp³-hybridized carbons (Fsp3) is 0.750.